The van der Waals surface area contributed by atoms with Gasteiger partial charge < -0.3 is 4.74 Å². The molecule has 0 atom stereocenters. The Morgan fingerprint density at radius 1 is 1.31 bits per heavy atom. The van der Waals surface area contributed by atoms with Crippen LogP contribution < -0.4 is 5.48 Å². The Hall–Kier alpha value is -0.750. The van der Waals surface area contributed by atoms with E-state index in [2.05, 4.69) is 5.48 Å². The van der Waals surface area contributed by atoms with Crippen LogP contribution in [0.5, 0.6) is 0 Å². The molecule has 0 aromatic heterocycles. The lowest BCUT2D eigenvalue weighted by Gasteiger charge is -2.19. The van der Waals surface area contributed by atoms with Crippen molar-refractivity contribution >= 4 is 23.0 Å². The Bertz CT molecular complexity index is 237. The van der Waals surface area contributed by atoms with Crippen LogP contribution in [0.25, 0.3) is 0 Å². The first kappa shape index (κ1) is 15.2. The van der Waals surface area contributed by atoms with Gasteiger partial charge in [-0.25, -0.2) is 4.79 Å². The highest BCUT2D eigenvalue weighted by Crippen LogP contribution is 2.06. The average Bonchev–Trinajstić information content (AvgIpc) is 2.07. The summed E-state index contributed by atoms with van der Waals surface area (Å²) in [7, 11) is 0. The van der Waals surface area contributed by atoms with Crippen molar-refractivity contribution in [3.05, 3.63) is 0 Å². The molecular weight excluding hydrogens is 230 g/mol. The summed E-state index contributed by atoms with van der Waals surface area (Å²) in [5, 5.41) is 0.0834. The molecule has 0 saturated heterocycles. The van der Waals surface area contributed by atoms with Crippen molar-refractivity contribution in [1.82, 2.24) is 5.48 Å². The van der Waals surface area contributed by atoms with E-state index in [1.807, 2.05) is 0 Å². The summed E-state index contributed by atoms with van der Waals surface area (Å²) in [4.78, 5) is 26.5. The van der Waals surface area contributed by atoms with E-state index < -0.39 is 11.7 Å². The first-order chi connectivity index (χ1) is 7.31. The average molecular weight is 249 g/mol. The second-order valence-electron chi connectivity index (χ2n) is 4.15. The molecule has 0 bridgehead atoms. The van der Waals surface area contributed by atoms with Gasteiger partial charge in [-0.3, -0.25) is 9.63 Å². The van der Waals surface area contributed by atoms with E-state index in [0.717, 1.165) is 0 Å². The van der Waals surface area contributed by atoms with Crippen LogP contribution in [0.2, 0.25) is 0 Å². The fourth-order valence-corrected chi connectivity index (χ4v) is 1.31. The van der Waals surface area contributed by atoms with Gasteiger partial charge in [0.15, 0.2) is 5.12 Å². The number of thioether (sulfide) groups is 1. The molecule has 0 unspecified atom stereocenters. The Labute approximate surface area is 100 Å². The van der Waals surface area contributed by atoms with E-state index in [-0.39, 0.29) is 5.12 Å². The zero-order valence-electron chi connectivity index (χ0n) is 10.2. The second kappa shape index (κ2) is 7.51. The standard InChI is InChI=1S/C10H19NO4S/c1-8(12)16-7-5-6-14-11-9(13)15-10(2,3)4/h5-7H2,1-4H3,(H,11,13). The topological polar surface area (TPSA) is 64.6 Å². The van der Waals surface area contributed by atoms with Crippen molar-refractivity contribution in [2.75, 3.05) is 12.4 Å². The minimum atomic E-state index is -0.605. The molecule has 0 aromatic carbocycles. The first-order valence-electron chi connectivity index (χ1n) is 5.05. The highest BCUT2D eigenvalue weighted by Gasteiger charge is 2.15. The maximum absolute atomic E-state index is 11.1. The van der Waals surface area contributed by atoms with E-state index in [4.69, 9.17) is 9.57 Å². The van der Waals surface area contributed by atoms with Gasteiger partial charge in [-0.15, -0.1) is 0 Å². The van der Waals surface area contributed by atoms with Gasteiger partial charge in [0, 0.05) is 12.7 Å². The molecule has 0 aliphatic carbocycles. The third-order valence-corrected chi connectivity index (χ3v) is 2.15. The summed E-state index contributed by atoms with van der Waals surface area (Å²) in [5.74, 6) is 0.686. The molecule has 0 saturated carbocycles. The van der Waals surface area contributed by atoms with Crippen molar-refractivity contribution in [1.29, 1.82) is 0 Å². The van der Waals surface area contributed by atoms with E-state index >= 15 is 0 Å². The monoisotopic (exact) mass is 249 g/mol. The molecule has 5 nitrogen and oxygen atoms in total. The molecular formula is C10H19NO4S. The minimum absolute atomic E-state index is 0.0834. The summed E-state index contributed by atoms with van der Waals surface area (Å²) in [5.41, 5.74) is 1.64. The van der Waals surface area contributed by atoms with Gasteiger partial charge in [0.2, 0.25) is 0 Å². The number of nitrogens with one attached hydrogen (secondary N) is 1. The van der Waals surface area contributed by atoms with Crippen LogP contribution in [-0.4, -0.2) is 29.2 Å². The summed E-state index contributed by atoms with van der Waals surface area (Å²) in [6, 6.07) is 0. The summed E-state index contributed by atoms with van der Waals surface area (Å²) < 4.78 is 4.95. The van der Waals surface area contributed by atoms with E-state index in [0.29, 0.717) is 18.8 Å². The van der Waals surface area contributed by atoms with Crippen LogP contribution in [0.15, 0.2) is 0 Å². The van der Waals surface area contributed by atoms with Crippen molar-refractivity contribution in [3.8, 4) is 0 Å². The SMILES string of the molecule is CC(=O)SCCCONC(=O)OC(C)(C)C. The van der Waals surface area contributed by atoms with Crippen LogP contribution >= 0.6 is 11.8 Å². The van der Waals surface area contributed by atoms with Gasteiger partial charge in [0.25, 0.3) is 0 Å². The molecule has 1 N–H and O–H groups in total. The van der Waals surface area contributed by atoms with Crippen molar-refractivity contribution < 1.29 is 19.2 Å². The van der Waals surface area contributed by atoms with E-state index in [1.54, 1.807) is 20.8 Å². The predicted molar refractivity (Wildman–Crippen MR) is 63.1 cm³/mol. The minimum Gasteiger partial charge on any atom is -0.442 e. The number of hydroxylamine groups is 1. The van der Waals surface area contributed by atoms with Crippen LogP contribution in [0.3, 0.4) is 0 Å². The number of hydrogen-bond donors (Lipinski definition) is 1. The third kappa shape index (κ3) is 11.3. The number of carbonyl (C=O) groups is 2. The summed E-state index contributed by atoms with van der Waals surface area (Å²) >= 11 is 1.24. The molecule has 0 aromatic rings. The Kier molecular flexibility index (Phi) is 7.16. The van der Waals surface area contributed by atoms with Crippen LogP contribution in [0.1, 0.15) is 34.1 Å². The molecule has 94 valence electrons. The molecule has 0 radical (unpaired) electrons. The lowest BCUT2D eigenvalue weighted by Crippen LogP contribution is -2.32. The zero-order chi connectivity index (χ0) is 12.6. The van der Waals surface area contributed by atoms with E-state index in [9.17, 15) is 9.59 Å². The molecule has 0 aliphatic heterocycles. The maximum atomic E-state index is 11.1. The molecule has 6 heteroatoms. The van der Waals surface area contributed by atoms with Crippen LogP contribution in [-0.2, 0) is 14.4 Å². The van der Waals surface area contributed by atoms with Crippen molar-refractivity contribution in [3.63, 3.8) is 0 Å². The maximum Gasteiger partial charge on any atom is 0.431 e. The summed E-state index contributed by atoms with van der Waals surface area (Å²) in [6.45, 7) is 7.20. The normalized spacial score (nSPS) is 11.0. The Balaban J connectivity index is 3.38. The molecule has 16 heavy (non-hydrogen) atoms. The van der Waals surface area contributed by atoms with Gasteiger partial charge in [-0.05, 0) is 27.2 Å². The molecule has 0 spiro atoms. The predicted octanol–water partition coefficient (Wildman–Crippen LogP) is 2.11. The molecule has 0 rings (SSSR count). The van der Waals surface area contributed by atoms with E-state index in [1.165, 1.54) is 18.7 Å². The largest absolute Gasteiger partial charge is 0.442 e. The summed E-state index contributed by atoms with van der Waals surface area (Å²) in [6.07, 6.45) is 0.0896. The number of amides is 1. The molecule has 1 amide bonds. The Morgan fingerprint density at radius 2 is 1.94 bits per heavy atom. The molecule has 0 fully saturated rings. The lowest BCUT2D eigenvalue weighted by molar-refractivity contribution is -0.109. The van der Waals surface area contributed by atoms with Gasteiger partial charge in [-0.2, -0.15) is 5.48 Å². The van der Waals surface area contributed by atoms with Gasteiger partial charge in [0.05, 0.1) is 6.61 Å². The first-order valence-corrected chi connectivity index (χ1v) is 6.04. The quantitative estimate of drug-likeness (QED) is 0.597. The Morgan fingerprint density at radius 3 is 2.44 bits per heavy atom. The second-order valence-corrected chi connectivity index (χ2v) is 5.42. The molecule has 0 aliphatic rings. The number of ether oxygens (including phenoxy) is 1. The number of carbonyl (C=O) groups excluding carboxylic acids is 2. The zero-order valence-corrected chi connectivity index (χ0v) is 11.0. The number of rotatable bonds is 5. The highest BCUT2D eigenvalue weighted by atomic mass is 32.2. The van der Waals surface area contributed by atoms with Crippen molar-refractivity contribution in [2.45, 2.75) is 39.7 Å². The number of hydrogen-bond acceptors (Lipinski definition) is 5. The smallest absolute Gasteiger partial charge is 0.431 e. The van der Waals surface area contributed by atoms with Gasteiger partial charge in [0.1, 0.15) is 5.60 Å². The fourth-order valence-electron chi connectivity index (χ4n) is 0.756. The van der Waals surface area contributed by atoms with Crippen LogP contribution in [0.4, 0.5) is 4.79 Å². The van der Waals surface area contributed by atoms with Crippen molar-refractivity contribution in [2.24, 2.45) is 0 Å². The third-order valence-electron chi connectivity index (χ3n) is 1.25. The van der Waals surface area contributed by atoms with Crippen LogP contribution in [0, 0.1) is 0 Å². The lowest BCUT2D eigenvalue weighted by atomic mass is 10.2. The highest BCUT2D eigenvalue weighted by molar-refractivity contribution is 8.13. The van der Waals surface area contributed by atoms with Gasteiger partial charge >= 0.3 is 6.09 Å². The molecule has 0 heterocycles. The van der Waals surface area contributed by atoms with Gasteiger partial charge in [-0.1, -0.05) is 11.8 Å². The fraction of sp³-hybridized carbons (Fsp3) is 0.800.